The van der Waals surface area contributed by atoms with E-state index in [9.17, 15) is 0 Å². The lowest BCUT2D eigenvalue weighted by molar-refractivity contribution is 0.425. The van der Waals surface area contributed by atoms with Gasteiger partial charge in [0.2, 0.25) is 0 Å². The van der Waals surface area contributed by atoms with Crippen LogP contribution in [0.3, 0.4) is 0 Å². The number of aromatic nitrogens is 3. The number of nitrogens with two attached hydrogens (primary N) is 1. The van der Waals surface area contributed by atoms with Crippen molar-refractivity contribution in [3.63, 3.8) is 0 Å². The van der Waals surface area contributed by atoms with E-state index < -0.39 is 0 Å². The lowest BCUT2D eigenvalue weighted by atomic mass is 10.2. The largest absolute Gasteiger partial charge is 0.397 e. The van der Waals surface area contributed by atoms with Crippen molar-refractivity contribution in [1.29, 1.82) is 0 Å². The molecule has 20 heavy (non-hydrogen) atoms. The van der Waals surface area contributed by atoms with Gasteiger partial charge in [-0.15, -0.1) is 11.8 Å². The molecule has 0 saturated heterocycles. The van der Waals surface area contributed by atoms with Crippen molar-refractivity contribution < 1.29 is 4.52 Å². The van der Waals surface area contributed by atoms with Gasteiger partial charge in [0.05, 0.1) is 17.6 Å². The van der Waals surface area contributed by atoms with Crippen molar-refractivity contribution in [1.82, 2.24) is 15.1 Å². The third kappa shape index (κ3) is 2.80. The summed E-state index contributed by atoms with van der Waals surface area (Å²) in [5, 5.41) is 3.97. The predicted octanol–water partition coefficient (Wildman–Crippen LogP) is 3.01. The van der Waals surface area contributed by atoms with Gasteiger partial charge in [-0.25, -0.2) is 0 Å². The fourth-order valence-electron chi connectivity index (χ4n) is 1.68. The number of benzene rings is 1. The molecule has 6 heteroatoms. The van der Waals surface area contributed by atoms with Crippen molar-refractivity contribution >= 4 is 17.4 Å². The Labute approximate surface area is 120 Å². The van der Waals surface area contributed by atoms with Crippen LogP contribution in [0.2, 0.25) is 0 Å². The van der Waals surface area contributed by atoms with E-state index in [1.165, 1.54) is 0 Å². The van der Waals surface area contributed by atoms with Crippen LogP contribution in [0.25, 0.3) is 11.5 Å². The smallest absolute Gasteiger partial charge is 0.257 e. The van der Waals surface area contributed by atoms with E-state index in [0.717, 1.165) is 10.5 Å². The van der Waals surface area contributed by atoms with Gasteiger partial charge < -0.3 is 10.3 Å². The van der Waals surface area contributed by atoms with Crippen molar-refractivity contribution in [2.24, 2.45) is 0 Å². The number of thioether (sulfide) groups is 1. The maximum absolute atomic E-state index is 5.83. The van der Waals surface area contributed by atoms with Crippen molar-refractivity contribution in [2.75, 3.05) is 5.73 Å². The van der Waals surface area contributed by atoms with Gasteiger partial charge in [-0.3, -0.25) is 4.98 Å². The quantitative estimate of drug-likeness (QED) is 0.742. The van der Waals surface area contributed by atoms with Crippen LogP contribution in [-0.2, 0) is 5.75 Å². The first-order valence-corrected chi connectivity index (χ1v) is 7.02. The number of hydrogen-bond donors (Lipinski definition) is 1. The SMILES string of the molecule is Nc1cnccc1SCc1noc(-c2ccccc2)n1. The molecule has 0 saturated carbocycles. The first-order valence-electron chi connectivity index (χ1n) is 6.03. The summed E-state index contributed by atoms with van der Waals surface area (Å²) in [6.07, 6.45) is 3.35. The normalized spacial score (nSPS) is 10.6. The summed E-state index contributed by atoms with van der Waals surface area (Å²) in [4.78, 5) is 9.29. The Morgan fingerprint density at radius 1 is 1.15 bits per heavy atom. The molecule has 0 atom stereocenters. The number of rotatable bonds is 4. The topological polar surface area (TPSA) is 77.8 Å². The molecule has 2 aromatic heterocycles. The molecule has 0 aliphatic rings. The average molecular weight is 284 g/mol. The van der Waals surface area contributed by atoms with Gasteiger partial charge in [-0.1, -0.05) is 23.4 Å². The van der Waals surface area contributed by atoms with Crippen LogP contribution in [0.1, 0.15) is 5.82 Å². The van der Waals surface area contributed by atoms with E-state index in [-0.39, 0.29) is 0 Å². The van der Waals surface area contributed by atoms with Crippen LogP contribution < -0.4 is 5.73 Å². The Hall–Kier alpha value is -2.34. The Morgan fingerprint density at radius 3 is 2.80 bits per heavy atom. The van der Waals surface area contributed by atoms with Gasteiger partial charge >= 0.3 is 0 Å². The molecule has 5 nitrogen and oxygen atoms in total. The molecule has 3 rings (SSSR count). The highest BCUT2D eigenvalue weighted by atomic mass is 32.2. The summed E-state index contributed by atoms with van der Waals surface area (Å²) in [6, 6.07) is 11.6. The maximum Gasteiger partial charge on any atom is 0.257 e. The highest BCUT2D eigenvalue weighted by molar-refractivity contribution is 7.98. The fourth-order valence-corrected chi connectivity index (χ4v) is 2.46. The molecule has 1 aromatic carbocycles. The lowest BCUT2D eigenvalue weighted by Crippen LogP contribution is -1.90. The molecule has 0 aliphatic heterocycles. The van der Waals surface area contributed by atoms with Crippen LogP contribution in [0.5, 0.6) is 0 Å². The van der Waals surface area contributed by atoms with E-state index >= 15 is 0 Å². The third-order valence-corrected chi connectivity index (χ3v) is 3.74. The van der Waals surface area contributed by atoms with Crippen molar-refractivity contribution in [3.05, 3.63) is 54.6 Å². The summed E-state index contributed by atoms with van der Waals surface area (Å²) < 4.78 is 5.25. The monoisotopic (exact) mass is 284 g/mol. The molecule has 0 spiro atoms. The molecule has 0 radical (unpaired) electrons. The van der Waals surface area contributed by atoms with Gasteiger partial charge in [0.15, 0.2) is 5.82 Å². The Kier molecular flexibility index (Phi) is 3.64. The van der Waals surface area contributed by atoms with E-state index in [1.807, 2.05) is 36.4 Å². The second-order valence-corrected chi connectivity index (χ2v) is 5.10. The minimum atomic E-state index is 0.531. The first kappa shape index (κ1) is 12.7. The fraction of sp³-hybridized carbons (Fsp3) is 0.0714. The van der Waals surface area contributed by atoms with Crippen molar-refractivity contribution in [3.8, 4) is 11.5 Å². The van der Waals surface area contributed by atoms with Crippen LogP contribution in [0.15, 0.2) is 58.2 Å². The molecule has 2 heterocycles. The number of anilines is 1. The molecule has 0 unspecified atom stereocenters. The first-order chi connectivity index (χ1) is 9.83. The van der Waals surface area contributed by atoms with Crippen LogP contribution in [0, 0.1) is 0 Å². The molecule has 3 aromatic rings. The number of pyridine rings is 1. The minimum Gasteiger partial charge on any atom is -0.397 e. The summed E-state index contributed by atoms with van der Waals surface area (Å²) in [5.74, 6) is 1.78. The Balaban J connectivity index is 1.71. The molecular formula is C14H12N4OS. The molecule has 0 fully saturated rings. The Morgan fingerprint density at radius 2 is 2.00 bits per heavy atom. The molecule has 0 amide bonds. The van der Waals surface area contributed by atoms with Gasteiger partial charge in [-0.05, 0) is 18.2 Å². The van der Waals surface area contributed by atoms with Crippen LogP contribution in [0.4, 0.5) is 5.69 Å². The summed E-state index contributed by atoms with van der Waals surface area (Å²) >= 11 is 1.56. The zero-order chi connectivity index (χ0) is 13.8. The van der Waals surface area contributed by atoms with Gasteiger partial charge in [-0.2, -0.15) is 4.98 Å². The standard InChI is InChI=1S/C14H12N4OS/c15-11-8-16-7-6-12(11)20-9-13-17-14(19-18-13)10-4-2-1-3-5-10/h1-8H,9,15H2. The van der Waals surface area contributed by atoms with Crippen LogP contribution >= 0.6 is 11.8 Å². The van der Waals surface area contributed by atoms with E-state index in [2.05, 4.69) is 15.1 Å². The highest BCUT2D eigenvalue weighted by Crippen LogP contribution is 2.27. The highest BCUT2D eigenvalue weighted by Gasteiger charge is 2.09. The van der Waals surface area contributed by atoms with E-state index in [0.29, 0.717) is 23.2 Å². The molecule has 100 valence electrons. The zero-order valence-corrected chi connectivity index (χ0v) is 11.4. The number of nitrogens with zero attached hydrogens (tertiary/aromatic N) is 3. The average Bonchev–Trinajstić information content (AvgIpc) is 2.96. The van der Waals surface area contributed by atoms with Gasteiger partial charge in [0.1, 0.15) is 0 Å². The second kappa shape index (κ2) is 5.75. The number of hydrogen-bond acceptors (Lipinski definition) is 6. The van der Waals surface area contributed by atoms with Gasteiger partial charge in [0.25, 0.3) is 5.89 Å². The molecule has 0 bridgehead atoms. The maximum atomic E-state index is 5.83. The minimum absolute atomic E-state index is 0.531. The van der Waals surface area contributed by atoms with E-state index in [4.69, 9.17) is 10.3 Å². The summed E-state index contributed by atoms with van der Waals surface area (Å²) in [7, 11) is 0. The second-order valence-electron chi connectivity index (χ2n) is 4.08. The molecule has 0 aliphatic carbocycles. The summed E-state index contributed by atoms with van der Waals surface area (Å²) in [5.41, 5.74) is 7.41. The number of nitrogen functional groups attached to an aromatic ring is 1. The molecular weight excluding hydrogens is 272 g/mol. The van der Waals surface area contributed by atoms with Crippen molar-refractivity contribution in [2.45, 2.75) is 10.6 Å². The van der Waals surface area contributed by atoms with Crippen LogP contribution in [-0.4, -0.2) is 15.1 Å². The molecule has 2 N–H and O–H groups in total. The lowest BCUT2D eigenvalue weighted by Gasteiger charge is -2.01. The third-order valence-electron chi connectivity index (χ3n) is 2.66. The van der Waals surface area contributed by atoms with Gasteiger partial charge in [0, 0.05) is 16.7 Å². The Bertz CT molecular complexity index is 699. The zero-order valence-electron chi connectivity index (χ0n) is 10.6. The predicted molar refractivity (Wildman–Crippen MR) is 77.9 cm³/mol. The van der Waals surface area contributed by atoms with E-state index in [1.54, 1.807) is 24.2 Å². The summed E-state index contributed by atoms with van der Waals surface area (Å²) in [6.45, 7) is 0.